The van der Waals surface area contributed by atoms with Crippen molar-refractivity contribution < 1.29 is 54.7 Å². The third kappa shape index (κ3) is 7.51. The molecule has 7 N–H and O–H groups in total. The van der Waals surface area contributed by atoms with Gasteiger partial charge in [0.25, 0.3) is 0 Å². The zero-order chi connectivity index (χ0) is 24.7. The summed E-state index contributed by atoms with van der Waals surface area (Å²) in [5.74, 6) is 0. The number of ether oxygens (including phenoxy) is 4. The number of aliphatic hydroxyl groups excluding tert-OH is 7. The Labute approximate surface area is 193 Å². The molecule has 0 aromatic carbocycles. The zero-order valence-electron chi connectivity index (χ0n) is 19.2. The molecular weight excluding hydrogens is 440 g/mol. The number of rotatable bonds is 10. The summed E-state index contributed by atoms with van der Waals surface area (Å²) in [7, 11) is 0. The number of aliphatic hydroxyl groups is 7. The van der Waals surface area contributed by atoms with Crippen molar-refractivity contribution in [3.05, 3.63) is 23.3 Å². The van der Waals surface area contributed by atoms with Crippen molar-refractivity contribution in [2.75, 3.05) is 19.8 Å². The topological polar surface area (TPSA) is 179 Å². The van der Waals surface area contributed by atoms with Gasteiger partial charge in [0.15, 0.2) is 12.6 Å². The fourth-order valence-corrected chi connectivity index (χ4v) is 3.67. The minimum atomic E-state index is -1.71. The third-order valence-electron chi connectivity index (χ3n) is 5.74. The molecule has 0 saturated carbocycles. The molecule has 0 bridgehead atoms. The van der Waals surface area contributed by atoms with Gasteiger partial charge in [0.05, 0.1) is 19.8 Å². The van der Waals surface area contributed by atoms with E-state index in [2.05, 4.69) is 6.08 Å². The quantitative estimate of drug-likeness (QED) is 0.178. The number of allylic oxidation sites excluding steroid dienone is 3. The van der Waals surface area contributed by atoms with Crippen LogP contribution in [0.1, 0.15) is 33.6 Å². The van der Waals surface area contributed by atoms with Crippen LogP contribution in [0, 0.1) is 0 Å². The Balaban J connectivity index is 1.97. The average molecular weight is 479 g/mol. The van der Waals surface area contributed by atoms with E-state index in [9.17, 15) is 35.7 Å². The van der Waals surface area contributed by atoms with E-state index < -0.39 is 74.6 Å². The van der Waals surface area contributed by atoms with Crippen LogP contribution in [0.5, 0.6) is 0 Å². The first kappa shape index (κ1) is 28.3. The lowest BCUT2D eigenvalue weighted by molar-refractivity contribution is -0.358. The van der Waals surface area contributed by atoms with Crippen molar-refractivity contribution in [1.29, 1.82) is 0 Å². The van der Waals surface area contributed by atoms with Crippen LogP contribution in [-0.4, -0.2) is 117 Å². The van der Waals surface area contributed by atoms with E-state index in [1.54, 1.807) is 0 Å². The van der Waals surface area contributed by atoms with Crippen LogP contribution in [0.4, 0.5) is 0 Å². The molecule has 33 heavy (non-hydrogen) atoms. The van der Waals surface area contributed by atoms with Crippen molar-refractivity contribution in [3.63, 3.8) is 0 Å². The second-order valence-corrected chi connectivity index (χ2v) is 8.71. The van der Waals surface area contributed by atoms with Crippen molar-refractivity contribution in [2.24, 2.45) is 0 Å². The Morgan fingerprint density at radius 1 is 0.758 bits per heavy atom. The van der Waals surface area contributed by atoms with Gasteiger partial charge in [-0.25, -0.2) is 0 Å². The molecule has 2 saturated heterocycles. The molecule has 0 unspecified atom stereocenters. The number of hydrogen-bond donors (Lipinski definition) is 7. The van der Waals surface area contributed by atoms with E-state index in [1.165, 1.54) is 5.57 Å². The van der Waals surface area contributed by atoms with E-state index >= 15 is 0 Å². The SMILES string of the molecule is CC(C)=CCC/C(C)=C/CO[C@@H]1O[C@H](CO)[C@@H](O[C@H]2O[C@H](CO)[C@@H](O)[C@H](O)[C@H]2O)[C@H](O)[C@H]1O. The Morgan fingerprint density at radius 3 is 1.97 bits per heavy atom. The molecule has 10 atom stereocenters. The van der Waals surface area contributed by atoms with Crippen LogP contribution in [0.25, 0.3) is 0 Å². The molecule has 2 aliphatic heterocycles. The first-order valence-corrected chi connectivity index (χ1v) is 11.1. The smallest absolute Gasteiger partial charge is 0.187 e. The minimum absolute atomic E-state index is 0.117. The van der Waals surface area contributed by atoms with Gasteiger partial charge in [0.1, 0.15) is 48.8 Å². The lowest BCUT2D eigenvalue weighted by atomic mass is 9.97. The molecule has 11 nitrogen and oxygen atoms in total. The Hall–Kier alpha value is -0.960. The highest BCUT2D eigenvalue weighted by molar-refractivity contribution is 5.02. The summed E-state index contributed by atoms with van der Waals surface area (Å²) in [5.41, 5.74) is 2.32. The fourth-order valence-electron chi connectivity index (χ4n) is 3.67. The molecule has 2 fully saturated rings. The van der Waals surface area contributed by atoms with E-state index in [1.807, 2.05) is 26.8 Å². The molecule has 11 heteroatoms. The van der Waals surface area contributed by atoms with Crippen LogP contribution in [0.2, 0.25) is 0 Å². The molecule has 192 valence electrons. The molecule has 0 radical (unpaired) electrons. The van der Waals surface area contributed by atoms with E-state index in [-0.39, 0.29) is 6.61 Å². The maximum absolute atomic E-state index is 10.6. The van der Waals surface area contributed by atoms with Gasteiger partial charge in [-0.15, -0.1) is 0 Å². The van der Waals surface area contributed by atoms with Crippen molar-refractivity contribution >= 4 is 0 Å². The average Bonchev–Trinajstić information content (AvgIpc) is 2.78. The fraction of sp³-hybridized carbons (Fsp3) is 0.818. The number of hydrogen-bond acceptors (Lipinski definition) is 11. The molecule has 0 aromatic heterocycles. The third-order valence-corrected chi connectivity index (χ3v) is 5.74. The molecule has 2 heterocycles. The second-order valence-electron chi connectivity index (χ2n) is 8.71. The lowest BCUT2D eigenvalue weighted by Crippen LogP contribution is -2.64. The van der Waals surface area contributed by atoms with Gasteiger partial charge in [0, 0.05) is 0 Å². The lowest BCUT2D eigenvalue weighted by Gasteiger charge is -2.45. The summed E-state index contributed by atoms with van der Waals surface area (Å²) < 4.78 is 21.9. The predicted octanol–water partition coefficient (Wildman–Crippen LogP) is -1.68. The van der Waals surface area contributed by atoms with E-state index in [0.717, 1.165) is 18.4 Å². The molecule has 2 rings (SSSR count). The summed E-state index contributed by atoms with van der Waals surface area (Å²) in [4.78, 5) is 0. The van der Waals surface area contributed by atoms with Crippen molar-refractivity contribution in [3.8, 4) is 0 Å². The molecular formula is C22H38O11. The highest BCUT2D eigenvalue weighted by Crippen LogP contribution is 2.29. The zero-order valence-corrected chi connectivity index (χ0v) is 19.2. The van der Waals surface area contributed by atoms with Gasteiger partial charge >= 0.3 is 0 Å². The van der Waals surface area contributed by atoms with Gasteiger partial charge in [0.2, 0.25) is 0 Å². The standard InChI is InChI=1S/C22H38O11/c1-11(2)5-4-6-12(3)7-8-30-21-19(29)17(27)20(14(10-24)32-21)33-22-18(28)16(26)15(25)13(9-23)31-22/h5,7,13-29H,4,6,8-10H2,1-3H3/b12-7+/t13-,14-,15-,16+,17-,18-,19-,20-,21-,22-/m1/s1. The summed E-state index contributed by atoms with van der Waals surface area (Å²) in [6.07, 6.45) is -8.90. The van der Waals surface area contributed by atoms with Gasteiger partial charge in [-0.2, -0.15) is 0 Å². The summed E-state index contributed by atoms with van der Waals surface area (Å²) in [6, 6.07) is 0. The summed E-state index contributed by atoms with van der Waals surface area (Å²) in [6.45, 7) is 4.87. The molecule has 2 aliphatic rings. The summed E-state index contributed by atoms with van der Waals surface area (Å²) in [5, 5.41) is 70.0. The maximum Gasteiger partial charge on any atom is 0.187 e. The van der Waals surface area contributed by atoms with Crippen LogP contribution in [0.15, 0.2) is 23.3 Å². The summed E-state index contributed by atoms with van der Waals surface area (Å²) >= 11 is 0. The Bertz CT molecular complexity index is 646. The molecule has 0 spiro atoms. The largest absolute Gasteiger partial charge is 0.394 e. The van der Waals surface area contributed by atoms with Crippen molar-refractivity contribution in [2.45, 2.75) is 95.0 Å². The predicted molar refractivity (Wildman–Crippen MR) is 115 cm³/mol. The highest BCUT2D eigenvalue weighted by atomic mass is 16.7. The minimum Gasteiger partial charge on any atom is -0.394 e. The van der Waals surface area contributed by atoms with Crippen LogP contribution in [-0.2, 0) is 18.9 Å². The molecule has 0 aromatic rings. The van der Waals surface area contributed by atoms with Gasteiger partial charge in [-0.3, -0.25) is 0 Å². The van der Waals surface area contributed by atoms with E-state index in [4.69, 9.17) is 18.9 Å². The van der Waals surface area contributed by atoms with Gasteiger partial charge < -0.3 is 54.7 Å². The Kier molecular flexibility index (Phi) is 11.3. The maximum atomic E-state index is 10.6. The van der Waals surface area contributed by atoms with Gasteiger partial charge in [-0.1, -0.05) is 23.3 Å². The highest BCUT2D eigenvalue weighted by Gasteiger charge is 2.50. The monoisotopic (exact) mass is 478 g/mol. The Morgan fingerprint density at radius 2 is 1.36 bits per heavy atom. The van der Waals surface area contributed by atoms with Crippen LogP contribution < -0.4 is 0 Å². The van der Waals surface area contributed by atoms with Gasteiger partial charge in [-0.05, 0) is 33.6 Å². The first-order chi connectivity index (χ1) is 15.6. The van der Waals surface area contributed by atoms with Crippen molar-refractivity contribution in [1.82, 2.24) is 0 Å². The molecule has 0 amide bonds. The second kappa shape index (κ2) is 13.2. The van der Waals surface area contributed by atoms with Crippen LogP contribution >= 0.6 is 0 Å². The first-order valence-electron chi connectivity index (χ1n) is 11.1. The van der Waals surface area contributed by atoms with Crippen LogP contribution in [0.3, 0.4) is 0 Å². The molecule has 0 aliphatic carbocycles. The van der Waals surface area contributed by atoms with E-state index in [0.29, 0.717) is 0 Å². The normalized spacial score (nSPS) is 40.0.